The zero-order valence-electron chi connectivity index (χ0n) is 7.94. The van der Waals surface area contributed by atoms with Crippen molar-refractivity contribution >= 4 is 37.6 Å². The Morgan fingerprint density at radius 3 is 2.46 bits per heavy atom. The third-order valence-corrected chi connectivity index (χ3v) is 6.95. The summed E-state index contributed by atoms with van der Waals surface area (Å²) in [7, 11) is 0. The normalized spacial score (nSPS) is 54.6. The van der Waals surface area contributed by atoms with Gasteiger partial charge in [0.1, 0.15) is 5.78 Å². The van der Waals surface area contributed by atoms with Crippen molar-refractivity contribution in [2.75, 3.05) is 5.33 Å². The van der Waals surface area contributed by atoms with Gasteiger partial charge in [-0.25, -0.2) is 0 Å². The maximum Gasteiger partial charge on any atom is 0.140 e. The van der Waals surface area contributed by atoms with Gasteiger partial charge in [-0.3, -0.25) is 4.79 Å². The van der Waals surface area contributed by atoms with Gasteiger partial charge in [-0.1, -0.05) is 45.7 Å². The zero-order valence-corrected chi connectivity index (χ0v) is 11.1. The van der Waals surface area contributed by atoms with Crippen LogP contribution in [0.25, 0.3) is 0 Å². The Morgan fingerprint density at radius 1 is 1.54 bits per heavy atom. The van der Waals surface area contributed by atoms with Crippen molar-refractivity contribution in [2.24, 2.45) is 16.7 Å². The maximum atomic E-state index is 11.9. The van der Waals surface area contributed by atoms with Crippen LogP contribution in [0, 0.1) is 16.7 Å². The molecule has 2 aliphatic carbocycles. The molecule has 0 aromatic rings. The van der Waals surface area contributed by atoms with E-state index >= 15 is 0 Å². The van der Waals surface area contributed by atoms with Gasteiger partial charge in [0.25, 0.3) is 0 Å². The van der Waals surface area contributed by atoms with Gasteiger partial charge in [-0.15, -0.1) is 0 Å². The predicted molar refractivity (Wildman–Crippen MR) is 60.5 cm³/mol. The average molecular weight is 310 g/mol. The third-order valence-electron chi connectivity index (χ3n) is 4.49. The standard InChI is InChI=1S/C10H14Br2O/c1-9(5-11)6-3-7(12)10(9,2)8(13)4-6/h6-7H,3-5H2,1-2H3/t6-,7+,9-,10+/m1/s1. The lowest BCUT2D eigenvalue weighted by molar-refractivity contribution is -0.127. The van der Waals surface area contributed by atoms with Crippen molar-refractivity contribution in [3.05, 3.63) is 0 Å². The second kappa shape index (κ2) is 2.82. The van der Waals surface area contributed by atoms with Crippen molar-refractivity contribution in [3.8, 4) is 0 Å². The summed E-state index contributed by atoms with van der Waals surface area (Å²) in [4.78, 5) is 12.3. The molecule has 2 fully saturated rings. The van der Waals surface area contributed by atoms with Gasteiger partial charge in [0.15, 0.2) is 0 Å². The highest BCUT2D eigenvalue weighted by atomic mass is 79.9. The molecule has 0 amide bonds. The molecule has 4 atom stereocenters. The van der Waals surface area contributed by atoms with Crippen LogP contribution in [0.1, 0.15) is 26.7 Å². The molecule has 1 nitrogen and oxygen atoms in total. The zero-order chi connectivity index (χ0) is 9.85. The topological polar surface area (TPSA) is 17.1 Å². The van der Waals surface area contributed by atoms with Crippen LogP contribution in [-0.4, -0.2) is 15.9 Å². The van der Waals surface area contributed by atoms with E-state index in [0.29, 0.717) is 16.5 Å². The van der Waals surface area contributed by atoms with E-state index < -0.39 is 0 Å². The lowest BCUT2D eigenvalue weighted by atomic mass is 9.70. The summed E-state index contributed by atoms with van der Waals surface area (Å²) in [5, 5.41) is 0.939. The molecule has 0 unspecified atom stereocenters. The summed E-state index contributed by atoms with van der Waals surface area (Å²) in [5.74, 6) is 1.03. The largest absolute Gasteiger partial charge is 0.299 e. The first kappa shape index (κ1) is 10.2. The van der Waals surface area contributed by atoms with E-state index in [1.54, 1.807) is 0 Å². The fourth-order valence-corrected chi connectivity index (χ4v) is 5.28. The first-order chi connectivity index (χ1) is 5.96. The smallest absolute Gasteiger partial charge is 0.140 e. The summed E-state index contributed by atoms with van der Waals surface area (Å²) in [6.45, 7) is 4.38. The monoisotopic (exact) mass is 308 g/mol. The van der Waals surface area contributed by atoms with E-state index in [4.69, 9.17) is 0 Å². The van der Waals surface area contributed by atoms with E-state index in [-0.39, 0.29) is 10.8 Å². The Balaban J connectivity index is 2.49. The number of hydrogen-bond acceptors (Lipinski definition) is 1. The summed E-state index contributed by atoms with van der Waals surface area (Å²) in [6, 6.07) is 0. The molecule has 0 N–H and O–H groups in total. The van der Waals surface area contributed by atoms with Crippen molar-refractivity contribution in [2.45, 2.75) is 31.5 Å². The van der Waals surface area contributed by atoms with Crippen molar-refractivity contribution < 1.29 is 4.79 Å². The van der Waals surface area contributed by atoms with E-state index in [1.807, 2.05) is 0 Å². The van der Waals surface area contributed by atoms with Gasteiger partial charge in [0.2, 0.25) is 0 Å². The van der Waals surface area contributed by atoms with Crippen LogP contribution in [-0.2, 0) is 4.79 Å². The molecule has 74 valence electrons. The van der Waals surface area contributed by atoms with Crippen LogP contribution in [0.15, 0.2) is 0 Å². The molecule has 13 heavy (non-hydrogen) atoms. The van der Waals surface area contributed by atoms with Gasteiger partial charge in [-0.2, -0.15) is 0 Å². The van der Waals surface area contributed by atoms with E-state index in [1.165, 1.54) is 0 Å². The Labute approximate surface area is 95.9 Å². The molecular formula is C10H14Br2O. The summed E-state index contributed by atoms with van der Waals surface area (Å²) in [6.07, 6.45) is 1.95. The molecule has 2 saturated carbocycles. The molecule has 2 aliphatic rings. The second-order valence-electron chi connectivity index (χ2n) is 4.78. The van der Waals surface area contributed by atoms with Crippen LogP contribution in [0.3, 0.4) is 0 Å². The first-order valence-corrected chi connectivity index (χ1v) is 6.74. The molecule has 0 aliphatic heterocycles. The second-order valence-corrected chi connectivity index (χ2v) is 6.45. The number of carbonyl (C=O) groups excluding carboxylic acids is 1. The minimum Gasteiger partial charge on any atom is -0.299 e. The third kappa shape index (κ3) is 0.956. The SMILES string of the molecule is C[C@@]1(CBr)[C@H]2CC(=O)[C@]1(C)[C@@H](Br)C2. The van der Waals surface area contributed by atoms with Gasteiger partial charge < -0.3 is 0 Å². The fraction of sp³-hybridized carbons (Fsp3) is 0.900. The highest BCUT2D eigenvalue weighted by Crippen LogP contribution is 2.66. The molecule has 0 aromatic heterocycles. The number of carbonyl (C=O) groups is 1. The van der Waals surface area contributed by atoms with Gasteiger partial charge in [0.05, 0.1) is 0 Å². The average Bonchev–Trinajstić information content (AvgIpc) is 2.38. The van der Waals surface area contributed by atoms with Crippen LogP contribution in [0.4, 0.5) is 0 Å². The van der Waals surface area contributed by atoms with E-state index in [9.17, 15) is 4.79 Å². The van der Waals surface area contributed by atoms with Gasteiger partial charge >= 0.3 is 0 Å². The molecular weight excluding hydrogens is 296 g/mol. The lowest BCUT2D eigenvalue weighted by Crippen LogP contribution is -2.41. The minimum absolute atomic E-state index is 0.138. The number of Topliss-reactive ketones (excluding diaryl/α,β-unsaturated/α-hetero) is 1. The maximum absolute atomic E-state index is 11.9. The molecule has 0 aromatic carbocycles. The quantitative estimate of drug-likeness (QED) is 0.680. The first-order valence-electron chi connectivity index (χ1n) is 4.70. The summed E-state index contributed by atoms with van der Waals surface area (Å²) in [5.41, 5.74) is 0.0272. The Kier molecular flexibility index (Phi) is 2.20. The molecule has 2 bridgehead atoms. The minimum atomic E-state index is -0.138. The van der Waals surface area contributed by atoms with Crippen molar-refractivity contribution in [1.82, 2.24) is 0 Å². The Morgan fingerprint density at radius 2 is 2.15 bits per heavy atom. The molecule has 0 spiro atoms. The number of halogens is 2. The van der Waals surface area contributed by atoms with E-state index in [2.05, 4.69) is 45.7 Å². The van der Waals surface area contributed by atoms with Crippen LogP contribution < -0.4 is 0 Å². The highest BCUT2D eigenvalue weighted by Gasteiger charge is 2.67. The number of rotatable bonds is 1. The Hall–Kier alpha value is 0.630. The van der Waals surface area contributed by atoms with Crippen LogP contribution >= 0.6 is 31.9 Å². The number of alkyl halides is 2. The number of ketones is 1. The Bertz CT molecular complexity index is 266. The summed E-state index contributed by atoms with van der Waals surface area (Å²) >= 11 is 7.24. The number of fused-ring (bicyclic) bond motifs is 2. The van der Waals surface area contributed by atoms with Crippen LogP contribution in [0.2, 0.25) is 0 Å². The lowest BCUT2D eigenvalue weighted by Gasteiger charge is -2.36. The van der Waals surface area contributed by atoms with Crippen molar-refractivity contribution in [3.63, 3.8) is 0 Å². The van der Waals surface area contributed by atoms with E-state index in [0.717, 1.165) is 18.2 Å². The highest BCUT2D eigenvalue weighted by molar-refractivity contribution is 9.09. The molecule has 3 heteroatoms. The number of hydrogen-bond donors (Lipinski definition) is 0. The molecule has 0 radical (unpaired) electrons. The van der Waals surface area contributed by atoms with Gasteiger partial charge in [-0.05, 0) is 17.8 Å². The van der Waals surface area contributed by atoms with Crippen LogP contribution in [0.5, 0.6) is 0 Å². The van der Waals surface area contributed by atoms with Crippen molar-refractivity contribution in [1.29, 1.82) is 0 Å². The fourth-order valence-electron chi connectivity index (χ4n) is 3.01. The molecule has 0 saturated heterocycles. The predicted octanol–water partition coefficient (Wildman–Crippen LogP) is 3.15. The van der Waals surface area contributed by atoms with Gasteiger partial charge in [0, 0.05) is 22.0 Å². The molecule has 2 rings (SSSR count). The summed E-state index contributed by atoms with van der Waals surface area (Å²) < 4.78 is 0. The molecule has 0 heterocycles.